The molecule has 0 fully saturated rings. The van der Waals surface area contributed by atoms with Crippen LogP contribution in [0.2, 0.25) is 0 Å². The van der Waals surface area contributed by atoms with Crippen molar-refractivity contribution in [2.45, 2.75) is 26.8 Å². The van der Waals surface area contributed by atoms with Crippen molar-refractivity contribution >= 4 is 16.8 Å². The molecule has 0 aliphatic heterocycles. The molecule has 0 spiro atoms. The van der Waals surface area contributed by atoms with Crippen molar-refractivity contribution < 1.29 is 9.90 Å². The molecule has 4 heteroatoms. The second-order valence-electron chi connectivity index (χ2n) is 5.61. The highest BCUT2D eigenvalue weighted by Crippen LogP contribution is 2.35. The van der Waals surface area contributed by atoms with Crippen LogP contribution in [0.5, 0.6) is 0 Å². The highest BCUT2D eigenvalue weighted by atomic mass is 16.3. The number of para-hydroxylation sites is 1. The Labute approximate surface area is 112 Å². The summed E-state index contributed by atoms with van der Waals surface area (Å²) in [5.41, 5.74) is 7.59. The fourth-order valence-corrected chi connectivity index (χ4v) is 2.23. The summed E-state index contributed by atoms with van der Waals surface area (Å²) in [6, 6.07) is 7.35. The highest BCUT2D eigenvalue weighted by molar-refractivity contribution is 5.93. The molecule has 0 saturated heterocycles. The lowest BCUT2D eigenvalue weighted by Gasteiger charge is -2.29. The Morgan fingerprint density at radius 1 is 1.42 bits per heavy atom. The summed E-state index contributed by atoms with van der Waals surface area (Å²) in [5.74, 6) is -0.0449. The van der Waals surface area contributed by atoms with Gasteiger partial charge in [-0.05, 0) is 11.6 Å². The molecule has 0 saturated carbocycles. The van der Waals surface area contributed by atoms with Gasteiger partial charge in [0.2, 0.25) is 5.91 Å². The SMILES string of the molecule is CC(=O)n1cc([C@H](N)C(C)(C)CO)c2ccccc21. The zero-order valence-electron chi connectivity index (χ0n) is 11.6. The van der Waals surface area contributed by atoms with Crippen LogP contribution in [0.1, 0.15) is 37.2 Å². The van der Waals surface area contributed by atoms with Crippen molar-refractivity contribution in [3.63, 3.8) is 0 Å². The second-order valence-corrected chi connectivity index (χ2v) is 5.61. The normalized spacial score (nSPS) is 13.7. The quantitative estimate of drug-likeness (QED) is 0.890. The van der Waals surface area contributed by atoms with Crippen LogP contribution in [-0.4, -0.2) is 22.2 Å². The van der Waals surface area contributed by atoms with Crippen molar-refractivity contribution in [2.24, 2.45) is 11.1 Å². The number of nitrogens with two attached hydrogens (primary N) is 1. The van der Waals surface area contributed by atoms with Gasteiger partial charge in [-0.15, -0.1) is 0 Å². The summed E-state index contributed by atoms with van der Waals surface area (Å²) in [6.45, 7) is 5.35. The van der Waals surface area contributed by atoms with Crippen molar-refractivity contribution in [1.29, 1.82) is 0 Å². The molecule has 0 aliphatic rings. The first kappa shape index (κ1) is 13.8. The first-order chi connectivity index (χ1) is 8.88. The van der Waals surface area contributed by atoms with E-state index < -0.39 is 5.41 Å². The highest BCUT2D eigenvalue weighted by Gasteiger charge is 2.29. The summed E-state index contributed by atoms with van der Waals surface area (Å²) in [5, 5.41) is 10.4. The van der Waals surface area contributed by atoms with Gasteiger partial charge >= 0.3 is 0 Å². The van der Waals surface area contributed by atoms with Crippen molar-refractivity contribution in [1.82, 2.24) is 4.57 Å². The number of hydrogen-bond acceptors (Lipinski definition) is 3. The van der Waals surface area contributed by atoms with Crippen LogP contribution < -0.4 is 5.73 Å². The van der Waals surface area contributed by atoms with E-state index in [1.807, 2.05) is 38.1 Å². The number of aliphatic hydroxyl groups is 1. The summed E-state index contributed by atoms with van der Waals surface area (Å²) >= 11 is 0. The molecule has 4 nitrogen and oxygen atoms in total. The van der Waals surface area contributed by atoms with Gasteiger partial charge in [-0.1, -0.05) is 32.0 Å². The van der Waals surface area contributed by atoms with E-state index in [1.54, 1.807) is 10.8 Å². The van der Waals surface area contributed by atoms with Crippen LogP contribution in [0.15, 0.2) is 30.5 Å². The second kappa shape index (κ2) is 4.79. The average molecular weight is 260 g/mol. The third-order valence-electron chi connectivity index (χ3n) is 3.67. The predicted molar refractivity (Wildman–Crippen MR) is 76.0 cm³/mol. The van der Waals surface area contributed by atoms with Gasteiger partial charge < -0.3 is 10.8 Å². The Morgan fingerprint density at radius 2 is 2.05 bits per heavy atom. The van der Waals surface area contributed by atoms with Crippen LogP contribution in [0.3, 0.4) is 0 Å². The Morgan fingerprint density at radius 3 is 2.63 bits per heavy atom. The van der Waals surface area contributed by atoms with Gasteiger partial charge in [0.1, 0.15) is 0 Å². The first-order valence-electron chi connectivity index (χ1n) is 6.36. The number of carbonyl (C=O) groups is 1. The van der Waals surface area contributed by atoms with E-state index in [9.17, 15) is 9.90 Å². The van der Waals surface area contributed by atoms with Crippen molar-refractivity contribution in [2.75, 3.05) is 6.61 Å². The van der Waals surface area contributed by atoms with E-state index in [0.717, 1.165) is 16.5 Å². The monoisotopic (exact) mass is 260 g/mol. The number of rotatable bonds is 3. The first-order valence-corrected chi connectivity index (χ1v) is 6.36. The third-order valence-corrected chi connectivity index (χ3v) is 3.67. The summed E-state index contributed by atoms with van der Waals surface area (Å²) in [4.78, 5) is 11.7. The molecule has 2 rings (SSSR count). The van der Waals surface area contributed by atoms with Gasteiger partial charge in [-0.3, -0.25) is 9.36 Å². The average Bonchev–Trinajstić information content (AvgIpc) is 2.77. The molecular formula is C15H20N2O2. The van der Waals surface area contributed by atoms with E-state index >= 15 is 0 Å². The number of benzene rings is 1. The smallest absolute Gasteiger partial charge is 0.227 e. The van der Waals surface area contributed by atoms with E-state index in [4.69, 9.17) is 5.73 Å². The zero-order valence-corrected chi connectivity index (χ0v) is 11.6. The van der Waals surface area contributed by atoms with Crippen LogP contribution in [0, 0.1) is 5.41 Å². The molecule has 0 aliphatic carbocycles. The molecule has 1 heterocycles. The van der Waals surface area contributed by atoms with Crippen LogP contribution in [0.4, 0.5) is 0 Å². The van der Waals surface area contributed by atoms with E-state index in [2.05, 4.69) is 0 Å². The maximum atomic E-state index is 11.7. The number of fused-ring (bicyclic) bond motifs is 1. The third kappa shape index (κ3) is 2.29. The van der Waals surface area contributed by atoms with Gasteiger partial charge in [0.05, 0.1) is 5.52 Å². The maximum Gasteiger partial charge on any atom is 0.227 e. The fourth-order valence-electron chi connectivity index (χ4n) is 2.23. The Balaban J connectivity index is 2.65. The molecule has 0 amide bonds. The molecule has 19 heavy (non-hydrogen) atoms. The number of hydrogen-bond donors (Lipinski definition) is 2. The number of aliphatic hydroxyl groups excluding tert-OH is 1. The topological polar surface area (TPSA) is 68.2 Å². The molecule has 1 atom stereocenters. The van der Waals surface area contributed by atoms with Crippen molar-refractivity contribution in [3.05, 3.63) is 36.0 Å². The largest absolute Gasteiger partial charge is 0.396 e. The minimum Gasteiger partial charge on any atom is -0.396 e. The van der Waals surface area contributed by atoms with Gasteiger partial charge in [0.15, 0.2) is 0 Å². The Hall–Kier alpha value is -1.65. The molecule has 2 aromatic rings. The van der Waals surface area contributed by atoms with Crippen LogP contribution in [-0.2, 0) is 0 Å². The van der Waals surface area contributed by atoms with Gasteiger partial charge in [-0.25, -0.2) is 0 Å². The molecular weight excluding hydrogens is 240 g/mol. The lowest BCUT2D eigenvalue weighted by atomic mass is 9.82. The summed E-state index contributed by atoms with van der Waals surface area (Å²) < 4.78 is 1.61. The lowest BCUT2D eigenvalue weighted by Crippen LogP contribution is -2.32. The van der Waals surface area contributed by atoms with Gasteiger partial charge in [0, 0.05) is 36.6 Å². The lowest BCUT2D eigenvalue weighted by molar-refractivity contribution is 0.0941. The predicted octanol–water partition coefficient (Wildman–Crippen LogP) is 2.32. The molecule has 1 aromatic carbocycles. The zero-order chi connectivity index (χ0) is 14.2. The summed E-state index contributed by atoms with van der Waals surface area (Å²) in [7, 11) is 0. The van der Waals surface area contributed by atoms with E-state index in [0.29, 0.717) is 0 Å². The Bertz CT molecular complexity index is 614. The molecule has 0 radical (unpaired) electrons. The van der Waals surface area contributed by atoms with Gasteiger partial charge in [0.25, 0.3) is 0 Å². The summed E-state index contributed by atoms with van der Waals surface area (Å²) in [6.07, 6.45) is 1.79. The molecule has 102 valence electrons. The van der Waals surface area contributed by atoms with E-state index in [-0.39, 0.29) is 18.6 Å². The number of aromatic nitrogens is 1. The van der Waals surface area contributed by atoms with Crippen LogP contribution in [0.25, 0.3) is 10.9 Å². The molecule has 0 unspecified atom stereocenters. The number of nitrogens with zero attached hydrogens (tertiary/aromatic N) is 1. The minimum atomic E-state index is -0.439. The molecule has 0 bridgehead atoms. The minimum absolute atomic E-state index is 0.00621. The fraction of sp³-hybridized carbons (Fsp3) is 0.400. The molecule has 3 N–H and O–H groups in total. The van der Waals surface area contributed by atoms with Crippen LogP contribution >= 0.6 is 0 Å². The standard InChI is InChI=1S/C15H20N2O2/c1-10(19)17-8-12(14(16)15(2,3)9-18)11-6-4-5-7-13(11)17/h4-8,14,18H,9,16H2,1-3H3/t14-/m0/s1. The maximum absolute atomic E-state index is 11.7. The van der Waals surface area contributed by atoms with Gasteiger partial charge in [-0.2, -0.15) is 0 Å². The molecule has 1 aromatic heterocycles. The van der Waals surface area contributed by atoms with Crippen molar-refractivity contribution in [3.8, 4) is 0 Å². The van der Waals surface area contributed by atoms with E-state index in [1.165, 1.54) is 6.92 Å². The Kier molecular flexibility index (Phi) is 3.47. The number of carbonyl (C=O) groups excluding carboxylic acids is 1.